The van der Waals surface area contributed by atoms with Crippen LogP contribution in [0.2, 0.25) is 0 Å². The van der Waals surface area contributed by atoms with E-state index in [1.807, 2.05) is 0 Å². The molecule has 0 saturated carbocycles. The lowest BCUT2D eigenvalue weighted by Crippen LogP contribution is -2.16. The van der Waals surface area contributed by atoms with Gasteiger partial charge in [-0.2, -0.15) is 0 Å². The summed E-state index contributed by atoms with van der Waals surface area (Å²) in [5.74, 6) is -1.95. The molecule has 0 saturated heterocycles. The normalized spacial score (nSPS) is 14.5. The van der Waals surface area contributed by atoms with E-state index in [-0.39, 0.29) is 28.5 Å². The number of methoxy groups -OCH3 is 2. The van der Waals surface area contributed by atoms with Crippen molar-refractivity contribution in [1.82, 2.24) is 0 Å². The molecule has 2 aromatic rings. The van der Waals surface area contributed by atoms with E-state index in [4.69, 9.17) is 14.2 Å². The van der Waals surface area contributed by atoms with E-state index in [2.05, 4.69) is 5.32 Å². The van der Waals surface area contributed by atoms with Gasteiger partial charge in [-0.15, -0.1) is 0 Å². The Balaban J connectivity index is 1.78. The minimum atomic E-state index is -1.05. The van der Waals surface area contributed by atoms with E-state index in [1.54, 1.807) is 19.1 Å². The first kappa shape index (κ1) is 20.8. The number of esters is 1. The van der Waals surface area contributed by atoms with Crippen molar-refractivity contribution in [3.8, 4) is 11.5 Å². The number of nitrogens with one attached hydrogen (secondary N) is 1. The van der Waals surface area contributed by atoms with Gasteiger partial charge < -0.3 is 19.5 Å². The Hall–Kier alpha value is -3.95. The second-order valence-corrected chi connectivity index (χ2v) is 6.49. The van der Waals surface area contributed by atoms with Gasteiger partial charge in [0.15, 0.2) is 23.9 Å². The predicted octanol–water partition coefficient (Wildman–Crippen LogP) is 2.71. The molecule has 0 spiro atoms. The number of anilines is 1. The summed E-state index contributed by atoms with van der Waals surface area (Å²) in [5.41, 5.74) is 0.644. The lowest BCUT2D eigenvalue weighted by Gasteiger charge is -2.10. The minimum absolute atomic E-state index is 0.0762. The molecule has 1 heterocycles. The number of hydrogen-bond acceptors (Lipinski definition) is 8. The van der Waals surface area contributed by atoms with E-state index < -0.39 is 34.9 Å². The molecule has 10 heteroatoms. The second-order valence-electron chi connectivity index (χ2n) is 6.49. The number of nitrogens with zero attached hydrogens (tertiary/aromatic N) is 1. The van der Waals surface area contributed by atoms with Gasteiger partial charge in [0.05, 0.1) is 31.1 Å². The standard InChI is InChI=1S/C20H18N2O8/c1-10-12-6-11(4-5-14(12)21-19(10)24)16(23)9-30-20(25)13-7-17(28-2)18(29-3)8-15(13)22(26)27/h4-8,10H,9H2,1-3H3,(H,21,24)/t10-/m1/s1. The van der Waals surface area contributed by atoms with Crippen LogP contribution < -0.4 is 14.8 Å². The maximum atomic E-state index is 12.4. The number of carbonyl (C=O) groups is 3. The van der Waals surface area contributed by atoms with Gasteiger partial charge in [-0.05, 0) is 30.7 Å². The zero-order valence-electron chi connectivity index (χ0n) is 16.4. The summed E-state index contributed by atoms with van der Waals surface area (Å²) in [6.07, 6.45) is 0. The first-order valence-electron chi connectivity index (χ1n) is 8.82. The van der Waals surface area contributed by atoms with Gasteiger partial charge in [-0.1, -0.05) is 0 Å². The molecule has 0 unspecified atom stereocenters. The third-order valence-electron chi connectivity index (χ3n) is 4.74. The third kappa shape index (κ3) is 3.79. The van der Waals surface area contributed by atoms with Gasteiger partial charge in [0.1, 0.15) is 5.56 Å². The molecular weight excluding hydrogens is 396 g/mol. The van der Waals surface area contributed by atoms with Gasteiger partial charge >= 0.3 is 5.97 Å². The molecule has 1 aliphatic rings. The molecule has 0 radical (unpaired) electrons. The molecule has 10 nitrogen and oxygen atoms in total. The molecule has 30 heavy (non-hydrogen) atoms. The molecule has 1 N–H and O–H groups in total. The van der Waals surface area contributed by atoms with E-state index in [9.17, 15) is 24.5 Å². The maximum absolute atomic E-state index is 12.4. The smallest absolute Gasteiger partial charge is 0.345 e. The fraction of sp³-hybridized carbons (Fsp3) is 0.250. The molecule has 0 aliphatic carbocycles. The highest BCUT2D eigenvalue weighted by molar-refractivity contribution is 6.05. The van der Waals surface area contributed by atoms with Crippen LogP contribution >= 0.6 is 0 Å². The number of ether oxygens (including phenoxy) is 3. The summed E-state index contributed by atoms with van der Waals surface area (Å²) < 4.78 is 15.1. The highest BCUT2D eigenvalue weighted by Crippen LogP contribution is 2.35. The molecule has 1 amide bonds. The summed E-state index contributed by atoms with van der Waals surface area (Å²) in [5, 5.41) is 14.0. The Morgan fingerprint density at radius 3 is 2.43 bits per heavy atom. The SMILES string of the molecule is COc1cc(C(=O)OCC(=O)c2ccc3c(c2)[C@@H](C)C(=O)N3)c([N+](=O)[O-])cc1OC. The molecule has 1 atom stereocenters. The zero-order valence-corrected chi connectivity index (χ0v) is 16.4. The van der Waals surface area contributed by atoms with Crippen molar-refractivity contribution < 1.29 is 33.5 Å². The summed E-state index contributed by atoms with van der Waals surface area (Å²) in [6.45, 7) is 1.09. The van der Waals surface area contributed by atoms with Crippen molar-refractivity contribution in [2.75, 3.05) is 26.1 Å². The first-order chi connectivity index (χ1) is 14.3. The van der Waals surface area contributed by atoms with E-state index in [0.717, 1.165) is 12.1 Å². The number of Topliss-reactive ketones (excluding diaryl/α,β-unsaturated/α-hetero) is 1. The van der Waals surface area contributed by atoms with Gasteiger partial charge in [0, 0.05) is 17.3 Å². The van der Waals surface area contributed by atoms with Gasteiger partial charge in [0.25, 0.3) is 5.69 Å². The van der Waals surface area contributed by atoms with Gasteiger partial charge in [-0.25, -0.2) is 4.79 Å². The average molecular weight is 414 g/mol. The summed E-state index contributed by atoms with van der Waals surface area (Å²) in [4.78, 5) is 47.2. The lowest BCUT2D eigenvalue weighted by molar-refractivity contribution is -0.385. The first-order valence-corrected chi connectivity index (χ1v) is 8.82. The van der Waals surface area contributed by atoms with Crippen molar-refractivity contribution in [1.29, 1.82) is 0 Å². The number of ketones is 1. The maximum Gasteiger partial charge on any atom is 0.345 e. The molecule has 156 valence electrons. The number of hydrogen-bond donors (Lipinski definition) is 1. The number of nitro groups is 1. The molecule has 0 aromatic heterocycles. The number of amides is 1. The van der Waals surface area contributed by atoms with E-state index in [1.165, 1.54) is 20.3 Å². The van der Waals surface area contributed by atoms with Crippen LogP contribution in [0, 0.1) is 10.1 Å². The molecule has 0 fully saturated rings. The predicted molar refractivity (Wildman–Crippen MR) is 104 cm³/mol. The van der Waals surface area contributed by atoms with E-state index in [0.29, 0.717) is 11.3 Å². The minimum Gasteiger partial charge on any atom is -0.493 e. The summed E-state index contributed by atoms with van der Waals surface area (Å²) in [7, 11) is 2.62. The van der Waals surface area contributed by atoms with Crippen LogP contribution in [0.25, 0.3) is 0 Å². The number of benzene rings is 2. The van der Waals surface area contributed by atoms with Crippen molar-refractivity contribution in [2.24, 2.45) is 0 Å². The van der Waals surface area contributed by atoms with Crippen LogP contribution in [0.4, 0.5) is 11.4 Å². The second kappa shape index (κ2) is 8.19. The molecule has 3 rings (SSSR count). The van der Waals surface area contributed by atoms with Crippen LogP contribution in [0.5, 0.6) is 11.5 Å². The fourth-order valence-corrected chi connectivity index (χ4v) is 3.07. The molecule has 0 bridgehead atoms. The number of nitro benzene ring substituents is 1. The zero-order chi connectivity index (χ0) is 22.0. The highest BCUT2D eigenvalue weighted by atomic mass is 16.6. The van der Waals surface area contributed by atoms with Crippen molar-refractivity contribution in [2.45, 2.75) is 12.8 Å². The van der Waals surface area contributed by atoms with Crippen LogP contribution in [0.15, 0.2) is 30.3 Å². The molecule has 1 aliphatic heterocycles. The highest BCUT2D eigenvalue weighted by Gasteiger charge is 2.28. The summed E-state index contributed by atoms with van der Waals surface area (Å²) >= 11 is 0. The van der Waals surface area contributed by atoms with Crippen molar-refractivity contribution >= 4 is 29.0 Å². The van der Waals surface area contributed by atoms with Crippen molar-refractivity contribution in [3.63, 3.8) is 0 Å². The Morgan fingerprint density at radius 2 is 1.80 bits per heavy atom. The van der Waals surface area contributed by atoms with Crippen LogP contribution in [-0.2, 0) is 9.53 Å². The topological polar surface area (TPSA) is 134 Å². The Bertz CT molecular complexity index is 1060. The van der Waals surface area contributed by atoms with E-state index >= 15 is 0 Å². The monoisotopic (exact) mass is 414 g/mol. The largest absolute Gasteiger partial charge is 0.493 e. The van der Waals surface area contributed by atoms with Crippen molar-refractivity contribution in [3.05, 3.63) is 57.1 Å². The summed E-state index contributed by atoms with van der Waals surface area (Å²) in [6, 6.07) is 6.84. The molecular formula is C20H18N2O8. The quantitative estimate of drug-likeness (QED) is 0.316. The fourth-order valence-electron chi connectivity index (χ4n) is 3.07. The third-order valence-corrected chi connectivity index (χ3v) is 4.74. The number of rotatable bonds is 7. The van der Waals surface area contributed by atoms with Crippen LogP contribution in [0.1, 0.15) is 39.1 Å². The van der Waals surface area contributed by atoms with Crippen LogP contribution in [-0.4, -0.2) is 43.4 Å². The Kier molecular flexibility index (Phi) is 5.67. The average Bonchev–Trinajstić information content (AvgIpc) is 3.03. The van der Waals surface area contributed by atoms with Gasteiger partial charge in [0.2, 0.25) is 5.91 Å². The number of carbonyl (C=O) groups excluding carboxylic acids is 3. The molecule has 2 aromatic carbocycles. The number of fused-ring (bicyclic) bond motifs is 1. The Labute approximate surface area is 170 Å². The lowest BCUT2D eigenvalue weighted by atomic mass is 9.99. The van der Waals surface area contributed by atoms with Crippen LogP contribution in [0.3, 0.4) is 0 Å². The van der Waals surface area contributed by atoms with Gasteiger partial charge in [-0.3, -0.25) is 19.7 Å². The Morgan fingerprint density at radius 1 is 1.13 bits per heavy atom.